The zero-order valence-electron chi connectivity index (χ0n) is 7.15. The molecule has 0 spiro atoms. The van der Waals surface area contributed by atoms with E-state index in [1.54, 1.807) is 12.1 Å². The number of rotatable bonds is 2. The van der Waals surface area contributed by atoms with Crippen LogP contribution in [0.1, 0.15) is 20.8 Å². The van der Waals surface area contributed by atoms with Crippen LogP contribution in [0.4, 0.5) is 0 Å². The third-order valence-corrected chi connectivity index (χ3v) is 2.02. The Morgan fingerprint density at radius 2 is 2.14 bits per heavy atom. The number of H-pyrrole nitrogens is 1. The fourth-order valence-corrected chi connectivity index (χ4v) is 1.35. The molecule has 2 aromatic rings. The Morgan fingerprint density at radius 1 is 1.36 bits per heavy atom. The van der Waals surface area contributed by atoms with Gasteiger partial charge in [-0.15, -0.1) is 0 Å². The van der Waals surface area contributed by atoms with Gasteiger partial charge in [-0.3, -0.25) is 4.79 Å². The van der Waals surface area contributed by atoms with Crippen LogP contribution in [-0.2, 0) is 0 Å². The summed E-state index contributed by atoms with van der Waals surface area (Å²) in [5.74, 6) is -0.972. The summed E-state index contributed by atoms with van der Waals surface area (Å²) in [6.07, 6.45) is 0.695. The van der Waals surface area contributed by atoms with Crippen molar-refractivity contribution in [2.24, 2.45) is 0 Å². The average molecular weight is 189 g/mol. The van der Waals surface area contributed by atoms with Crippen molar-refractivity contribution in [2.75, 3.05) is 0 Å². The molecule has 0 aliphatic carbocycles. The first-order chi connectivity index (χ1) is 6.70. The van der Waals surface area contributed by atoms with Gasteiger partial charge in [0.25, 0.3) is 0 Å². The number of hydrogen-bond donors (Lipinski definition) is 2. The number of benzene rings is 1. The van der Waals surface area contributed by atoms with Crippen LogP contribution in [0.2, 0.25) is 0 Å². The lowest BCUT2D eigenvalue weighted by Gasteiger charge is -1.93. The van der Waals surface area contributed by atoms with Gasteiger partial charge in [0.05, 0.1) is 11.3 Å². The molecule has 0 fully saturated rings. The Labute approximate surface area is 79.2 Å². The molecule has 1 aromatic heterocycles. The Hall–Kier alpha value is -2.10. The van der Waals surface area contributed by atoms with Crippen molar-refractivity contribution in [2.45, 2.75) is 0 Å². The number of nitrogens with one attached hydrogen (secondary N) is 1. The van der Waals surface area contributed by atoms with E-state index < -0.39 is 5.97 Å². The van der Waals surface area contributed by atoms with E-state index >= 15 is 0 Å². The summed E-state index contributed by atoms with van der Waals surface area (Å²) in [6, 6.07) is 6.29. The molecule has 0 aliphatic heterocycles. The number of aromatic carboxylic acids is 1. The highest BCUT2D eigenvalue weighted by atomic mass is 16.4. The second kappa shape index (κ2) is 2.99. The molecule has 4 nitrogen and oxygen atoms in total. The topological polar surface area (TPSA) is 70.2 Å². The maximum Gasteiger partial charge on any atom is 0.335 e. The zero-order chi connectivity index (χ0) is 10.1. The highest BCUT2D eigenvalue weighted by Gasteiger charge is 2.05. The summed E-state index contributed by atoms with van der Waals surface area (Å²) in [7, 11) is 0. The van der Waals surface area contributed by atoms with E-state index in [0.29, 0.717) is 12.0 Å². The number of carboxylic acid groups (broad SMARTS) is 1. The molecule has 1 heterocycles. The third kappa shape index (κ3) is 1.26. The van der Waals surface area contributed by atoms with Gasteiger partial charge >= 0.3 is 5.97 Å². The quantitative estimate of drug-likeness (QED) is 0.706. The van der Waals surface area contributed by atoms with Crippen molar-refractivity contribution in [3.63, 3.8) is 0 Å². The lowest BCUT2D eigenvalue weighted by Crippen LogP contribution is -1.94. The van der Waals surface area contributed by atoms with Crippen LogP contribution in [0, 0.1) is 0 Å². The van der Waals surface area contributed by atoms with E-state index in [1.807, 2.05) is 0 Å². The van der Waals surface area contributed by atoms with E-state index in [1.165, 1.54) is 12.1 Å². The first-order valence-electron chi connectivity index (χ1n) is 4.02. The molecule has 0 unspecified atom stereocenters. The third-order valence-electron chi connectivity index (χ3n) is 2.02. The second-order valence-electron chi connectivity index (χ2n) is 2.95. The summed E-state index contributed by atoms with van der Waals surface area (Å²) < 4.78 is 0. The molecule has 70 valence electrons. The van der Waals surface area contributed by atoms with E-state index in [-0.39, 0.29) is 5.56 Å². The summed E-state index contributed by atoms with van der Waals surface area (Å²) in [5.41, 5.74) is 1.42. The van der Waals surface area contributed by atoms with Crippen LogP contribution in [-0.4, -0.2) is 22.3 Å². The fourth-order valence-electron chi connectivity index (χ4n) is 1.35. The minimum atomic E-state index is -0.972. The number of carbonyl (C=O) groups excluding carboxylic acids is 1. The Bertz CT molecular complexity index is 513. The number of carbonyl (C=O) groups is 2. The van der Waals surface area contributed by atoms with E-state index in [2.05, 4.69) is 4.98 Å². The van der Waals surface area contributed by atoms with Crippen LogP contribution >= 0.6 is 0 Å². The first-order valence-corrected chi connectivity index (χ1v) is 4.02. The van der Waals surface area contributed by atoms with Gasteiger partial charge in [0, 0.05) is 10.9 Å². The lowest BCUT2D eigenvalue weighted by molar-refractivity contribution is 0.0697. The molecule has 0 saturated heterocycles. The standard InChI is InChI=1S/C10H7NO3/c12-5-8-4-7-3-6(10(13)14)1-2-9(7)11-8/h1-5,11H,(H,13,14). The lowest BCUT2D eigenvalue weighted by atomic mass is 10.1. The van der Waals surface area contributed by atoms with E-state index in [0.717, 1.165) is 10.9 Å². The summed E-state index contributed by atoms with van der Waals surface area (Å²) in [4.78, 5) is 23.9. The van der Waals surface area contributed by atoms with Crippen LogP contribution in [0.3, 0.4) is 0 Å². The zero-order valence-corrected chi connectivity index (χ0v) is 7.15. The first kappa shape index (κ1) is 8.50. The average Bonchev–Trinajstić information content (AvgIpc) is 2.58. The van der Waals surface area contributed by atoms with Crippen molar-refractivity contribution in [3.05, 3.63) is 35.5 Å². The molecule has 0 atom stereocenters. The molecule has 0 aliphatic rings. The molecular formula is C10H7NO3. The maximum absolute atomic E-state index is 10.6. The van der Waals surface area contributed by atoms with Gasteiger partial charge in [0.2, 0.25) is 0 Å². The largest absolute Gasteiger partial charge is 0.478 e. The molecule has 4 heteroatoms. The Morgan fingerprint density at radius 3 is 2.79 bits per heavy atom. The summed E-state index contributed by atoms with van der Waals surface area (Å²) in [6.45, 7) is 0. The summed E-state index contributed by atoms with van der Waals surface area (Å²) >= 11 is 0. The number of aromatic amines is 1. The van der Waals surface area contributed by atoms with Gasteiger partial charge < -0.3 is 10.1 Å². The minimum absolute atomic E-state index is 0.217. The van der Waals surface area contributed by atoms with Gasteiger partial charge in [-0.2, -0.15) is 0 Å². The fraction of sp³-hybridized carbons (Fsp3) is 0. The molecule has 14 heavy (non-hydrogen) atoms. The predicted molar refractivity (Wildman–Crippen MR) is 50.6 cm³/mol. The molecule has 2 N–H and O–H groups in total. The second-order valence-corrected chi connectivity index (χ2v) is 2.95. The number of carboxylic acids is 1. The van der Waals surface area contributed by atoms with Crippen LogP contribution in [0.5, 0.6) is 0 Å². The van der Waals surface area contributed by atoms with Crippen LogP contribution in [0.25, 0.3) is 10.9 Å². The molecule has 0 saturated carbocycles. The van der Waals surface area contributed by atoms with Crippen molar-refractivity contribution in [1.29, 1.82) is 0 Å². The van der Waals surface area contributed by atoms with Crippen LogP contribution < -0.4 is 0 Å². The SMILES string of the molecule is O=Cc1cc2cc(C(=O)O)ccc2[nH]1. The van der Waals surface area contributed by atoms with Gasteiger partial charge in [0.1, 0.15) is 0 Å². The number of aldehydes is 1. The highest BCUT2D eigenvalue weighted by Crippen LogP contribution is 2.16. The predicted octanol–water partition coefficient (Wildman–Crippen LogP) is 1.68. The molecule has 0 radical (unpaired) electrons. The molecule has 0 bridgehead atoms. The number of aromatic nitrogens is 1. The Balaban J connectivity index is 2.65. The Kier molecular flexibility index (Phi) is 1.81. The highest BCUT2D eigenvalue weighted by molar-refractivity contribution is 5.95. The number of fused-ring (bicyclic) bond motifs is 1. The monoisotopic (exact) mass is 189 g/mol. The normalized spacial score (nSPS) is 10.3. The minimum Gasteiger partial charge on any atom is -0.478 e. The van der Waals surface area contributed by atoms with E-state index in [4.69, 9.17) is 5.11 Å². The molecule has 2 rings (SSSR count). The maximum atomic E-state index is 10.6. The van der Waals surface area contributed by atoms with Crippen molar-refractivity contribution in [1.82, 2.24) is 4.98 Å². The van der Waals surface area contributed by atoms with Gasteiger partial charge in [-0.05, 0) is 24.3 Å². The van der Waals surface area contributed by atoms with Crippen molar-refractivity contribution >= 4 is 23.2 Å². The molecular weight excluding hydrogens is 182 g/mol. The summed E-state index contributed by atoms with van der Waals surface area (Å²) in [5, 5.41) is 9.46. The number of hydrogen-bond acceptors (Lipinski definition) is 2. The van der Waals surface area contributed by atoms with Gasteiger partial charge in [-0.25, -0.2) is 4.79 Å². The molecule has 0 amide bonds. The molecule has 1 aromatic carbocycles. The smallest absolute Gasteiger partial charge is 0.335 e. The van der Waals surface area contributed by atoms with Crippen molar-refractivity contribution < 1.29 is 14.7 Å². The van der Waals surface area contributed by atoms with Gasteiger partial charge in [-0.1, -0.05) is 0 Å². The van der Waals surface area contributed by atoms with E-state index in [9.17, 15) is 9.59 Å². The van der Waals surface area contributed by atoms with Crippen molar-refractivity contribution in [3.8, 4) is 0 Å². The van der Waals surface area contributed by atoms with Crippen LogP contribution in [0.15, 0.2) is 24.3 Å². The van der Waals surface area contributed by atoms with Gasteiger partial charge in [0.15, 0.2) is 6.29 Å².